The Morgan fingerprint density at radius 1 is 1.05 bits per heavy atom. The van der Waals surface area contributed by atoms with Gasteiger partial charge < -0.3 is 0 Å². The van der Waals surface area contributed by atoms with Crippen LogP contribution in [0.15, 0.2) is 18.2 Å². The van der Waals surface area contributed by atoms with Crippen LogP contribution >= 0.6 is 56.9 Å². The molecule has 2 heterocycles. The lowest BCUT2D eigenvalue weighted by molar-refractivity contribution is 0.608. The molecule has 0 fully saturated rings. The molecule has 2 aromatic rings. The molecule has 0 saturated heterocycles. The summed E-state index contributed by atoms with van der Waals surface area (Å²) in [7, 11) is 0. The van der Waals surface area contributed by atoms with Crippen molar-refractivity contribution in [2.75, 3.05) is 0 Å². The molecule has 0 unspecified atom stereocenters. The maximum Gasteiger partial charge on any atom is 0.0935 e. The molecular weight excluding hydrogens is 419 g/mol. The first-order valence-electron chi connectivity index (χ1n) is 7.24. The predicted octanol–water partition coefficient (Wildman–Crippen LogP) is 7.64. The lowest BCUT2D eigenvalue weighted by Gasteiger charge is -2.02. The molecule has 2 rings (SSSR count). The van der Waals surface area contributed by atoms with Gasteiger partial charge in [-0.2, -0.15) is 0 Å². The SMILES string of the molecule is CCCCCCCCc1cc(I)sc1-c1ccc(Cl)s1. The van der Waals surface area contributed by atoms with Crippen molar-refractivity contribution in [3.05, 3.63) is 31.0 Å². The molecule has 0 aromatic carbocycles. The standard InChI is InChI=1S/C16H20ClIS2/c1-2-3-4-5-6-7-8-12-11-15(18)20-16(12)13-9-10-14(17)19-13/h9-11H,2-8H2,1H3. The summed E-state index contributed by atoms with van der Waals surface area (Å²) in [5.41, 5.74) is 1.51. The number of halogens is 2. The maximum atomic E-state index is 6.07. The number of hydrogen-bond donors (Lipinski definition) is 0. The monoisotopic (exact) mass is 438 g/mol. The van der Waals surface area contributed by atoms with Crippen LogP contribution in [0.2, 0.25) is 4.34 Å². The quantitative estimate of drug-likeness (QED) is 0.293. The van der Waals surface area contributed by atoms with Crippen LogP contribution in [0.3, 0.4) is 0 Å². The molecule has 0 radical (unpaired) electrons. The number of thiophene rings is 2. The molecule has 4 heteroatoms. The Kier molecular flexibility index (Phi) is 7.35. The molecule has 0 saturated carbocycles. The molecule has 0 spiro atoms. The van der Waals surface area contributed by atoms with Crippen LogP contribution in [0, 0.1) is 2.88 Å². The number of aryl methyl sites for hydroxylation is 1. The number of rotatable bonds is 8. The summed E-state index contributed by atoms with van der Waals surface area (Å²) >= 11 is 12.1. The van der Waals surface area contributed by atoms with Gasteiger partial charge in [0.25, 0.3) is 0 Å². The third kappa shape index (κ3) is 5.00. The third-order valence-corrected chi connectivity index (χ3v) is 6.72. The second kappa shape index (κ2) is 8.76. The third-order valence-electron chi connectivity index (χ3n) is 3.38. The topological polar surface area (TPSA) is 0 Å². The second-order valence-electron chi connectivity index (χ2n) is 5.03. The molecule has 110 valence electrons. The average molecular weight is 439 g/mol. The fourth-order valence-corrected chi connectivity index (χ4v) is 5.48. The highest BCUT2D eigenvalue weighted by molar-refractivity contribution is 14.1. The molecule has 0 aliphatic rings. The Morgan fingerprint density at radius 2 is 1.80 bits per heavy atom. The van der Waals surface area contributed by atoms with Crippen molar-refractivity contribution in [3.8, 4) is 9.75 Å². The molecule has 2 aromatic heterocycles. The highest BCUT2D eigenvalue weighted by Gasteiger charge is 2.11. The second-order valence-corrected chi connectivity index (χ2v) is 9.69. The zero-order valence-corrected chi connectivity index (χ0v) is 16.3. The van der Waals surface area contributed by atoms with Crippen LogP contribution in [0.1, 0.15) is 51.0 Å². The van der Waals surface area contributed by atoms with E-state index in [2.05, 4.69) is 41.6 Å². The minimum absolute atomic E-state index is 0.883. The van der Waals surface area contributed by atoms with E-state index in [1.807, 2.05) is 17.4 Å². The van der Waals surface area contributed by atoms with Gasteiger partial charge in [-0.05, 0) is 59.2 Å². The lowest BCUT2D eigenvalue weighted by atomic mass is 10.1. The van der Waals surface area contributed by atoms with E-state index in [-0.39, 0.29) is 0 Å². The Labute approximate surface area is 148 Å². The summed E-state index contributed by atoms with van der Waals surface area (Å²) in [4.78, 5) is 2.75. The molecule has 0 amide bonds. The zero-order chi connectivity index (χ0) is 14.4. The molecule has 0 nitrogen and oxygen atoms in total. The van der Waals surface area contributed by atoms with E-state index in [1.54, 1.807) is 11.3 Å². The maximum absolute atomic E-state index is 6.07. The van der Waals surface area contributed by atoms with E-state index in [0.717, 1.165) is 4.34 Å². The fourth-order valence-electron chi connectivity index (χ4n) is 2.32. The summed E-state index contributed by atoms with van der Waals surface area (Å²) in [5, 5.41) is 0. The number of unbranched alkanes of at least 4 members (excludes halogenated alkanes) is 5. The Hall–Kier alpha value is 0.420. The highest BCUT2D eigenvalue weighted by atomic mass is 127. The molecule has 20 heavy (non-hydrogen) atoms. The fraction of sp³-hybridized carbons (Fsp3) is 0.500. The lowest BCUT2D eigenvalue weighted by Crippen LogP contribution is -1.86. The van der Waals surface area contributed by atoms with E-state index >= 15 is 0 Å². The minimum atomic E-state index is 0.883. The molecule has 0 bridgehead atoms. The van der Waals surface area contributed by atoms with Gasteiger partial charge in [0, 0.05) is 9.75 Å². The molecular formula is C16H20ClIS2. The summed E-state index contributed by atoms with van der Waals surface area (Å²) in [5.74, 6) is 0. The number of hydrogen-bond acceptors (Lipinski definition) is 2. The predicted molar refractivity (Wildman–Crippen MR) is 102 cm³/mol. The minimum Gasteiger partial charge on any atom is -0.128 e. The smallest absolute Gasteiger partial charge is 0.0935 e. The van der Waals surface area contributed by atoms with Gasteiger partial charge in [-0.15, -0.1) is 22.7 Å². The average Bonchev–Trinajstić information content (AvgIpc) is 3.00. The van der Waals surface area contributed by atoms with Crippen molar-refractivity contribution >= 4 is 56.9 Å². The summed E-state index contributed by atoms with van der Waals surface area (Å²) in [6, 6.07) is 6.50. The van der Waals surface area contributed by atoms with Crippen LogP contribution in [0.5, 0.6) is 0 Å². The van der Waals surface area contributed by atoms with Gasteiger partial charge in [0.2, 0.25) is 0 Å². The van der Waals surface area contributed by atoms with Crippen molar-refractivity contribution in [1.82, 2.24) is 0 Å². The van der Waals surface area contributed by atoms with Crippen LogP contribution in [-0.4, -0.2) is 0 Å². The van der Waals surface area contributed by atoms with E-state index in [1.165, 1.54) is 63.1 Å². The summed E-state index contributed by atoms with van der Waals surface area (Å²) < 4.78 is 2.26. The molecule has 0 atom stereocenters. The first kappa shape index (κ1) is 16.8. The summed E-state index contributed by atoms with van der Waals surface area (Å²) in [6.45, 7) is 2.27. The van der Waals surface area contributed by atoms with Crippen molar-refractivity contribution in [2.45, 2.75) is 51.9 Å². The summed E-state index contributed by atoms with van der Waals surface area (Å²) in [6.07, 6.45) is 9.36. The van der Waals surface area contributed by atoms with E-state index in [0.29, 0.717) is 0 Å². The highest BCUT2D eigenvalue weighted by Crippen LogP contribution is 2.39. The van der Waals surface area contributed by atoms with E-state index in [9.17, 15) is 0 Å². The van der Waals surface area contributed by atoms with Gasteiger partial charge in [-0.25, -0.2) is 0 Å². The van der Waals surface area contributed by atoms with Gasteiger partial charge >= 0.3 is 0 Å². The van der Waals surface area contributed by atoms with Crippen LogP contribution in [0.25, 0.3) is 9.75 Å². The normalized spacial score (nSPS) is 11.2. The van der Waals surface area contributed by atoms with Crippen LogP contribution < -0.4 is 0 Å². The van der Waals surface area contributed by atoms with Gasteiger partial charge in [0.1, 0.15) is 0 Å². The molecule has 0 aliphatic heterocycles. The molecule has 0 N–H and O–H groups in total. The van der Waals surface area contributed by atoms with Gasteiger partial charge in [-0.1, -0.05) is 50.6 Å². The largest absolute Gasteiger partial charge is 0.128 e. The van der Waals surface area contributed by atoms with Crippen LogP contribution in [-0.2, 0) is 6.42 Å². The van der Waals surface area contributed by atoms with Crippen molar-refractivity contribution in [1.29, 1.82) is 0 Å². The van der Waals surface area contributed by atoms with E-state index in [4.69, 9.17) is 11.6 Å². The van der Waals surface area contributed by atoms with Gasteiger partial charge in [0.05, 0.1) is 7.22 Å². The Balaban J connectivity index is 1.91. The van der Waals surface area contributed by atoms with Crippen molar-refractivity contribution in [2.24, 2.45) is 0 Å². The van der Waals surface area contributed by atoms with Gasteiger partial charge in [0.15, 0.2) is 0 Å². The Bertz CT molecular complexity index is 530. The van der Waals surface area contributed by atoms with E-state index < -0.39 is 0 Å². The van der Waals surface area contributed by atoms with Gasteiger partial charge in [-0.3, -0.25) is 0 Å². The first-order valence-corrected chi connectivity index (χ1v) is 10.3. The zero-order valence-electron chi connectivity index (χ0n) is 11.8. The van der Waals surface area contributed by atoms with Crippen LogP contribution in [0.4, 0.5) is 0 Å². The van der Waals surface area contributed by atoms with Crippen molar-refractivity contribution < 1.29 is 0 Å². The molecule has 0 aliphatic carbocycles. The van der Waals surface area contributed by atoms with Crippen molar-refractivity contribution in [3.63, 3.8) is 0 Å². The Morgan fingerprint density at radius 3 is 2.50 bits per heavy atom. The first-order chi connectivity index (χ1) is 9.70.